The number of hydrogen-bond donors (Lipinski definition) is 0. The monoisotopic (exact) mass is 218 g/mol. The number of esters is 1. The van der Waals surface area contributed by atoms with E-state index in [1.807, 2.05) is 31.2 Å². The molecule has 0 aliphatic heterocycles. The largest absolute Gasteiger partial charge is 0.463 e. The molecule has 86 valence electrons. The Morgan fingerprint density at radius 3 is 2.56 bits per heavy atom. The fourth-order valence-corrected chi connectivity index (χ4v) is 1.54. The van der Waals surface area contributed by atoms with Crippen LogP contribution in [-0.4, -0.2) is 12.6 Å². The van der Waals surface area contributed by atoms with E-state index in [0.29, 0.717) is 12.2 Å². The van der Waals surface area contributed by atoms with Crippen LogP contribution in [-0.2, 0) is 9.53 Å². The zero-order valence-corrected chi connectivity index (χ0v) is 10.1. The van der Waals surface area contributed by atoms with Crippen molar-refractivity contribution in [3.8, 4) is 0 Å². The van der Waals surface area contributed by atoms with Gasteiger partial charge in [0.15, 0.2) is 0 Å². The normalized spacial score (nSPS) is 13.3. The van der Waals surface area contributed by atoms with Crippen molar-refractivity contribution in [3.05, 3.63) is 47.5 Å². The van der Waals surface area contributed by atoms with Crippen LogP contribution in [0.5, 0.6) is 0 Å². The first-order chi connectivity index (χ1) is 7.65. The molecule has 0 fully saturated rings. The molecular weight excluding hydrogens is 200 g/mol. The molecule has 1 aromatic carbocycles. The summed E-state index contributed by atoms with van der Waals surface area (Å²) in [5.41, 5.74) is 1.87. The summed E-state index contributed by atoms with van der Waals surface area (Å²) in [7, 11) is 0. The van der Waals surface area contributed by atoms with E-state index in [1.54, 1.807) is 6.92 Å². The first-order valence-corrected chi connectivity index (χ1v) is 5.55. The molecule has 0 radical (unpaired) electrons. The predicted octanol–water partition coefficient (Wildman–Crippen LogP) is 3.30. The summed E-state index contributed by atoms with van der Waals surface area (Å²) in [5, 5.41) is 0. The fraction of sp³-hybridized carbons (Fsp3) is 0.357. The first kappa shape index (κ1) is 12.5. The number of carbonyl (C=O) groups excluding carboxylic acids is 1. The second-order valence-corrected chi connectivity index (χ2v) is 3.77. The van der Waals surface area contributed by atoms with E-state index in [-0.39, 0.29) is 11.9 Å². The van der Waals surface area contributed by atoms with E-state index in [2.05, 4.69) is 19.1 Å². The highest BCUT2D eigenvalue weighted by Gasteiger charge is 2.07. The maximum Gasteiger partial charge on any atom is 0.333 e. The van der Waals surface area contributed by atoms with Gasteiger partial charge in [0.2, 0.25) is 0 Å². The minimum absolute atomic E-state index is 0.227. The van der Waals surface area contributed by atoms with Crippen LogP contribution in [0, 0.1) is 0 Å². The second kappa shape index (κ2) is 6.11. The quantitative estimate of drug-likeness (QED) is 0.572. The number of carbonyl (C=O) groups is 1. The molecule has 0 aliphatic rings. The summed E-state index contributed by atoms with van der Waals surface area (Å²) in [5.74, 6) is -0.00381. The molecule has 0 aliphatic carbocycles. The highest BCUT2D eigenvalue weighted by Crippen LogP contribution is 2.18. The van der Waals surface area contributed by atoms with Gasteiger partial charge in [-0.3, -0.25) is 0 Å². The van der Waals surface area contributed by atoms with Gasteiger partial charge in [0, 0.05) is 5.57 Å². The average molecular weight is 218 g/mol. The average Bonchev–Trinajstić information content (AvgIpc) is 2.30. The maximum absolute atomic E-state index is 11.4. The fourth-order valence-electron chi connectivity index (χ4n) is 1.54. The molecule has 1 unspecified atom stereocenters. The maximum atomic E-state index is 11.4. The lowest BCUT2D eigenvalue weighted by molar-refractivity contribution is -0.138. The molecule has 0 spiro atoms. The molecule has 0 aromatic heterocycles. The van der Waals surface area contributed by atoms with Crippen LogP contribution in [0.4, 0.5) is 0 Å². The summed E-state index contributed by atoms with van der Waals surface area (Å²) >= 11 is 0. The number of rotatable bonds is 4. The van der Waals surface area contributed by atoms with E-state index in [0.717, 1.165) is 0 Å². The molecule has 16 heavy (non-hydrogen) atoms. The third-order valence-corrected chi connectivity index (χ3v) is 2.42. The van der Waals surface area contributed by atoms with Crippen LogP contribution in [0.2, 0.25) is 0 Å². The number of hydrogen-bond acceptors (Lipinski definition) is 2. The van der Waals surface area contributed by atoms with Gasteiger partial charge in [-0.15, -0.1) is 0 Å². The number of allylic oxidation sites excluding steroid dienone is 1. The van der Waals surface area contributed by atoms with Crippen LogP contribution in [0.3, 0.4) is 0 Å². The Labute approximate surface area is 96.9 Å². The molecule has 2 nitrogen and oxygen atoms in total. The third-order valence-electron chi connectivity index (χ3n) is 2.42. The van der Waals surface area contributed by atoms with Gasteiger partial charge in [-0.1, -0.05) is 43.3 Å². The van der Waals surface area contributed by atoms with E-state index < -0.39 is 0 Å². The van der Waals surface area contributed by atoms with Crippen molar-refractivity contribution >= 4 is 5.97 Å². The van der Waals surface area contributed by atoms with Crippen molar-refractivity contribution in [1.29, 1.82) is 0 Å². The topological polar surface area (TPSA) is 26.3 Å². The molecule has 2 heteroatoms. The van der Waals surface area contributed by atoms with Gasteiger partial charge >= 0.3 is 5.97 Å². The van der Waals surface area contributed by atoms with Crippen molar-refractivity contribution in [3.63, 3.8) is 0 Å². The van der Waals surface area contributed by atoms with E-state index in [4.69, 9.17) is 4.74 Å². The summed E-state index contributed by atoms with van der Waals surface area (Å²) in [4.78, 5) is 11.4. The van der Waals surface area contributed by atoms with Crippen LogP contribution in [0.15, 0.2) is 42.0 Å². The molecule has 1 rings (SSSR count). The van der Waals surface area contributed by atoms with Crippen LogP contribution >= 0.6 is 0 Å². The van der Waals surface area contributed by atoms with E-state index >= 15 is 0 Å². The molecular formula is C14H18O2. The Kier molecular flexibility index (Phi) is 4.77. The van der Waals surface area contributed by atoms with Crippen molar-refractivity contribution < 1.29 is 9.53 Å². The lowest BCUT2D eigenvalue weighted by Gasteiger charge is -2.08. The zero-order valence-electron chi connectivity index (χ0n) is 10.1. The second-order valence-electron chi connectivity index (χ2n) is 3.77. The minimum Gasteiger partial charge on any atom is -0.463 e. The van der Waals surface area contributed by atoms with Gasteiger partial charge in [-0.25, -0.2) is 4.79 Å². The summed E-state index contributed by atoms with van der Waals surface area (Å²) in [6.07, 6.45) is 1.94. The predicted molar refractivity (Wildman–Crippen MR) is 65.2 cm³/mol. The first-order valence-electron chi connectivity index (χ1n) is 5.55. The van der Waals surface area contributed by atoms with Crippen molar-refractivity contribution in [1.82, 2.24) is 0 Å². The summed E-state index contributed by atoms with van der Waals surface area (Å²) in [6, 6.07) is 10.1. The van der Waals surface area contributed by atoms with Crippen molar-refractivity contribution in [2.45, 2.75) is 26.7 Å². The van der Waals surface area contributed by atoms with Gasteiger partial charge in [0.1, 0.15) is 0 Å². The number of benzene rings is 1. The summed E-state index contributed by atoms with van der Waals surface area (Å²) in [6.45, 7) is 6.09. The van der Waals surface area contributed by atoms with Gasteiger partial charge in [-0.05, 0) is 25.3 Å². The van der Waals surface area contributed by atoms with Gasteiger partial charge < -0.3 is 4.74 Å². The summed E-state index contributed by atoms with van der Waals surface area (Å²) < 4.78 is 4.93. The molecule has 0 N–H and O–H groups in total. The Hall–Kier alpha value is -1.57. The highest BCUT2D eigenvalue weighted by atomic mass is 16.5. The van der Waals surface area contributed by atoms with E-state index in [9.17, 15) is 4.79 Å². The minimum atomic E-state index is -0.231. The zero-order chi connectivity index (χ0) is 12.0. The molecule has 0 saturated carbocycles. The standard InChI is InChI=1S/C14H18O2/c1-4-16-14(15)12(3)10-11(2)13-8-6-5-7-9-13/h5-11H,4H2,1-3H3/b12-10+. The molecule has 1 atom stereocenters. The van der Waals surface area contributed by atoms with Crippen LogP contribution in [0.25, 0.3) is 0 Å². The Bertz CT molecular complexity index is 366. The van der Waals surface area contributed by atoms with E-state index in [1.165, 1.54) is 5.56 Å². The number of ether oxygens (including phenoxy) is 1. The Morgan fingerprint density at radius 2 is 2.00 bits per heavy atom. The highest BCUT2D eigenvalue weighted by molar-refractivity contribution is 5.87. The lowest BCUT2D eigenvalue weighted by atomic mass is 9.99. The van der Waals surface area contributed by atoms with Crippen molar-refractivity contribution in [2.24, 2.45) is 0 Å². The molecule has 0 amide bonds. The Balaban J connectivity index is 2.73. The smallest absolute Gasteiger partial charge is 0.333 e. The Morgan fingerprint density at radius 1 is 1.38 bits per heavy atom. The molecule has 1 aromatic rings. The lowest BCUT2D eigenvalue weighted by Crippen LogP contribution is -2.06. The SMILES string of the molecule is CCOC(=O)/C(C)=C/C(C)c1ccccc1. The van der Waals surface area contributed by atoms with Gasteiger partial charge in [0.05, 0.1) is 6.61 Å². The molecule has 0 heterocycles. The van der Waals surface area contributed by atoms with Gasteiger partial charge in [0.25, 0.3) is 0 Å². The van der Waals surface area contributed by atoms with Gasteiger partial charge in [-0.2, -0.15) is 0 Å². The van der Waals surface area contributed by atoms with Crippen LogP contribution < -0.4 is 0 Å². The van der Waals surface area contributed by atoms with Crippen LogP contribution in [0.1, 0.15) is 32.3 Å². The third kappa shape index (κ3) is 3.54. The molecule has 0 saturated heterocycles. The molecule has 0 bridgehead atoms. The van der Waals surface area contributed by atoms with Crippen molar-refractivity contribution in [2.75, 3.05) is 6.61 Å².